The minimum atomic E-state index is 0. The molecule has 0 rings (SSSR count). The van der Waals surface area contributed by atoms with Crippen molar-refractivity contribution in [3.05, 3.63) is 4.91 Å². The van der Waals surface area contributed by atoms with Crippen molar-refractivity contribution in [2.45, 2.75) is 0 Å². The van der Waals surface area contributed by atoms with Gasteiger partial charge in [0.15, 0.2) is 14.2 Å². The van der Waals surface area contributed by atoms with Crippen LogP contribution in [0.15, 0.2) is 0 Å². The van der Waals surface area contributed by atoms with Crippen LogP contribution in [0.1, 0.15) is 0 Å². The quantitative estimate of drug-likeness (QED) is 0.446. The SMILES string of the molecule is CO[N+](=O)OC. The predicted molar refractivity (Wildman–Crippen MR) is 17.6 cm³/mol. The summed E-state index contributed by atoms with van der Waals surface area (Å²) >= 11 is 0. The largest absolute Gasteiger partial charge is 0.476 e. The van der Waals surface area contributed by atoms with E-state index in [0.717, 1.165) is 0 Å². The molecule has 0 atom stereocenters. The first kappa shape index (κ1) is 5.20. The Morgan fingerprint density at radius 3 is 1.67 bits per heavy atom. The molecule has 0 unspecified atom stereocenters. The van der Waals surface area contributed by atoms with Gasteiger partial charge in [-0.1, -0.05) is 0 Å². The molecule has 0 aromatic rings. The maximum Gasteiger partial charge on any atom is 0.476 e. The molecule has 6 heavy (non-hydrogen) atoms. The maximum absolute atomic E-state index is 9.65. The molecule has 4 nitrogen and oxygen atoms in total. The van der Waals surface area contributed by atoms with Crippen molar-refractivity contribution in [3.8, 4) is 0 Å². The van der Waals surface area contributed by atoms with Gasteiger partial charge in [0.2, 0.25) is 0 Å². The molecule has 0 saturated carbocycles. The average molecular weight is 92.1 g/mol. The Morgan fingerprint density at radius 2 is 1.67 bits per heavy atom. The topological polar surface area (TPSA) is 38.5 Å². The summed E-state index contributed by atoms with van der Waals surface area (Å²) < 4.78 is 0. The fraction of sp³-hybridized carbons (Fsp3) is 1.00. The van der Waals surface area contributed by atoms with E-state index in [1.165, 1.54) is 14.2 Å². The Bertz CT molecular complexity index is 46.8. The molecule has 0 fully saturated rings. The van der Waals surface area contributed by atoms with Crippen LogP contribution in [0.5, 0.6) is 0 Å². The molecule has 0 radical (unpaired) electrons. The van der Waals surface area contributed by atoms with Gasteiger partial charge in [0.25, 0.3) is 0 Å². The Labute approximate surface area is 35.1 Å². The van der Waals surface area contributed by atoms with E-state index < -0.39 is 0 Å². The summed E-state index contributed by atoms with van der Waals surface area (Å²) in [5, 5.41) is 0. The maximum atomic E-state index is 9.65. The van der Waals surface area contributed by atoms with Gasteiger partial charge in [-0.3, -0.25) is 0 Å². The van der Waals surface area contributed by atoms with E-state index in [1.807, 2.05) is 0 Å². The van der Waals surface area contributed by atoms with E-state index in [2.05, 4.69) is 9.68 Å². The fourth-order valence-electron chi connectivity index (χ4n) is 0.0745. The molecule has 4 heteroatoms. The lowest BCUT2D eigenvalue weighted by Crippen LogP contribution is -2.02. The van der Waals surface area contributed by atoms with Crippen LogP contribution in [0.4, 0.5) is 0 Å². The number of nitrogens with zero attached hydrogens (tertiary/aromatic N) is 1. The number of hydrogen-bond acceptors (Lipinski definition) is 3. The van der Waals surface area contributed by atoms with E-state index >= 15 is 0 Å². The lowest BCUT2D eigenvalue weighted by atomic mass is 11.7. The Balaban J connectivity index is 2.99. The highest BCUT2D eigenvalue weighted by Crippen LogP contribution is 1.66. The van der Waals surface area contributed by atoms with Crippen LogP contribution in [-0.4, -0.2) is 19.3 Å². The summed E-state index contributed by atoms with van der Waals surface area (Å²) in [6.07, 6.45) is 0. The zero-order valence-electron chi connectivity index (χ0n) is 3.67. The second-order valence-electron chi connectivity index (χ2n) is 0.589. The van der Waals surface area contributed by atoms with Crippen molar-refractivity contribution in [1.82, 2.24) is 0 Å². The van der Waals surface area contributed by atoms with Crippen LogP contribution in [0.25, 0.3) is 0 Å². The molecule has 0 aliphatic rings. The number of rotatable bonds is 2. The molecule has 36 valence electrons. The van der Waals surface area contributed by atoms with Gasteiger partial charge in [0, 0.05) is 0 Å². The molecule has 0 aromatic heterocycles. The summed E-state index contributed by atoms with van der Waals surface area (Å²) in [4.78, 5) is 17.6. The third-order valence-corrected chi connectivity index (χ3v) is 0.298. The molecule has 0 aromatic carbocycles. The highest BCUT2D eigenvalue weighted by Gasteiger charge is 1.98. The van der Waals surface area contributed by atoms with Gasteiger partial charge in [-0.25, -0.2) is 0 Å². The smallest absolute Gasteiger partial charge is 0.190 e. The van der Waals surface area contributed by atoms with Crippen molar-refractivity contribution in [2.24, 2.45) is 0 Å². The fourth-order valence-corrected chi connectivity index (χ4v) is 0.0745. The zero-order valence-corrected chi connectivity index (χ0v) is 3.67. The Morgan fingerprint density at radius 1 is 1.33 bits per heavy atom. The van der Waals surface area contributed by atoms with E-state index in [1.54, 1.807) is 0 Å². The predicted octanol–water partition coefficient (Wildman–Crippen LogP) is -0.112. The number of hydrogen-bond donors (Lipinski definition) is 0. The first-order valence-electron chi connectivity index (χ1n) is 1.36. The van der Waals surface area contributed by atoms with Crippen molar-refractivity contribution in [3.63, 3.8) is 0 Å². The molecular weight excluding hydrogens is 86.0 g/mol. The van der Waals surface area contributed by atoms with Crippen molar-refractivity contribution in [1.29, 1.82) is 0 Å². The molecule has 0 bridgehead atoms. The van der Waals surface area contributed by atoms with Crippen LogP contribution in [0.2, 0.25) is 0 Å². The molecular formula is C2H6NO3+. The average Bonchev–Trinajstić information content (AvgIpc) is 1.65. The minimum absolute atomic E-state index is 0. The first-order chi connectivity index (χ1) is 2.81. The van der Waals surface area contributed by atoms with E-state index in [4.69, 9.17) is 0 Å². The van der Waals surface area contributed by atoms with Gasteiger partial charge in [-0.2, -0.15) is 9.68 Å². The molecule has 0 aliphatic carbocycles. The Kier molecular flexibility index (Phi) is 2.11. The normalized spacial score (nSPS) is 7.00. The summed E-state index contributed by atoms with van der Waals surface area (Å²) in [6.45, 7) is 0. The monoisotopic (exact) mass is 92.0 g/mol. The summed E-state index contributed by atoms with van der Waals surface area (Å²) in [7, 11) is 2.44. The van der Waals surface area contributed by atoms with E-state index in [-0.39, 0.29) is 5.09 Å². The van der Waals surface area contributed by atoms with Crippen LogP contribution in [-0.2, 0) is 9.68 Å². The summed E-state index contributed by atoms with van der Waals surface area (Å²) in [5.74, 6) is 0. The van der Waals surface area contributed by atoms with Gasteiger partial charge in [-0.05, 0) is 0 Å². The third kappa shape index (κ3) is 1.51. The first-order valence-corrected chi connectivity index (χ1v) is 1.36. The zero-order chi connectivity index (χ0) is 4.99. The van der Waals surface area contributed by atoms with Gasteiger partial charge >= 0.3 is 5.09 Å². The van der Waals surface area contributed by atoms with Crippen molar-refractivity contribution in [2.75, 3.05) is 14.2 Å². The van der Waals surface area contributed by atoms with Crippen molar-refractivity contribution < 1.29 is 14.8 Å². The summed E-state index contributed by atoms with van der Waals surface area (Å²) in [5.41, 5.74) is 0. The third-order valence-electron chi connectivity index (χ3n) is 0.298. The molecule has 0 aliphatic heterocycles. The molecule has 0 amide bonds. The van der Waals surface area contributed by atoms with Gasteiger partial charge in [0.1, 0.15) is 4.91 Å². The molecule has 0 heterocycles. The minimum Gasteiger partial charge on any atom is -0.190 e. The van der Waals surface area contributed by atoms with Crippen LogP contribution in [0.3, 0.4) is 0 Å². The van der Waals surface area contributed by atoms with Gasteiger partial charge in [-0.15, -0.1) is 0 Å². The van der Waals surface area contributed by atoms with Crippen LogP contribution < -0.4 is 0 Å². The summed E-state index contributed by atoms with van der Waals surface area (Å²) in [6, 6.07) is 0. The lowest BCUT2D eigenvalue weighted by molar-refractivity contribution is -0.972. The van der Waals surface area contributed by atoms with Crippen LogP contribution >= 0.6 is 0 Å². The van der Waals surface area contributed by atoms with E-state index in [0.29, 0.717) is 0 Å². The lowest BCUT2D eigenvalue weighted by Gasteiger charge is -1.74. The molecule has 0 saturated heterocycles. The second-order valence-corrected chi connectivity index (χ2v) is 0.589. The highest BCUT2D eigenvalue weighted by atomic mass is 17.0. The Hall–Kier alpha value is -0.800. The van der Waals surface area contributed by atoms with Gasteiger partial charge < -0.3 is 0 Å². The highest BCUT2D eigenvalue weighted by molar-refractivity contribution is 3.63. The standard InChI is InChI=1S/C2H6NO3/c1-5-3(4)6-2/h1-2H3/q+1. The van der Waals surface area contributed by atoms with Crippen molar-refractivity contribution >= 4 is 0 Å². The second kappa shape index (κ2) is 2.44. The molecule has 0 spiro atoms. The van der Waals surface area contributed by atoms with E-state index in [9.17, 15) is 4.91 Å². The van der Waals surface area contributed by atoms with Gasteiger partial charge in [0.05, 0.1) is 0 Å². The van der Waals surface area contributed by atoms with Crippen LogP contribution in [0, 0.1) is 4.91 Å². The molecule has 0 N–H and O–H groups in total.